The molecule has 0 amide bonds. The van der Waals surface area contributed by atoms with Crippen LogP contribution in [0.3, 0.4) is 0 Å². The predicted molar refractivity (Wildman–Crippen MR) is 67.7 cm³/mol. The lowest BCUT2D eigenvalue weighted by Crippen LogP contribution is -2.11. The third-order valence-electron chi connectivity index (χ3n) is 4.40. The number of ether oxygens (including phenoxy) is 2. The molecule has 1 aliphatic carbocycles. The van der Waals surface area contributed by atoms with Crippen LogP contribution in [-0.2, 0) is 14.3 Å². The highest BCUT2D eigenvalue weighted by atomic mass is 16.7. The molecule has 3 aliphatic rings. The van der Waals surface area contributed by atoms with E-state index >= 15 is 0 Å². The first kappa shape index (κ1) is 12.0. The van der Waals surface area contributed by atoms with Crippen molar-refractivity contribution in [2.75, 3.05) is 6.61 Å². The van der Waals surface area contributed by atoms with Crippen molar-refractivity contribution in [1.29, 1.82) is 0 Å². The van der Waals surface area contributed by atoms with E-state index in [4.69, 9.17) is 9.47 Å². The average molecular weight is 248 g/mol. The number of allylic oxidation sites excluding steroid dienone is 2. The number of carbonyl (C=O) groups excluding carboxylic acids is 1. The van der Waals surface area contributed by atoms with Crippen LogP contribution in [0.5, 0.6) is 0 Å². The van der Waals surface area contributed by atoms with Gasteiger partial charge in [0.15, 0.2) is 0 Å². The Bertz CT molecular complexity index is 433. The quantitative estimate of drug-likeness (QED) is 0.529. The summed E-state index contributed by atoms with van der Waals surface area (Å²) in [5.41, 5.74) is 3.07. The number of carbonyl (C=O) groups is 1. The normalized spacial score (nSPS) is 41.9. The molecule has 2 heterocycles. The molecule has 18 heavy (non-hydrogen) atoms. The van der Waals surface area contributed by atoms with Gasteiger partial charge in [0.05, 0.1) is 18.9 Å². The lowest BCUT2D eigenvalue weighted by Gasteiger charge is -2.15. The maximum absolute atomic E-state index is 11.4. The standard InChI is InChI=1S/C15H20O3/c1-4-9-6-15(2,3)7-11(9)12-8-17-14-10(12)5-13(16)18-14/h4,9-10,14H,1,5-8H2,2-3H3/b12-11-/t9-,10+,14+/m1/s1. The Balaban J connectivity index is 1.94. The number of hydrogen-bond donors (Lipinski definition) is 0. The van der Waals surface area contributed by atoms with Gasteiger partial charge in [0.25, 0.3) is 0 Å². The minimum absolute atomic E-state index is 0.129. The van der Waals surface area contributed by atoms with Crippen molar-refractivity contribution in [2.24, 2.45) is 17.3 Å². The minimum atomic E-state index is -0.325. The molecule has 1 saturated carbocycles. The van der Waals surface area contributed by atoms with Crippen molar-refractivity contribution >= 4 is 5.97 Å². The second-order valence-corrected chi connectivity index (χ2v) is 6.42. The van der Waals surface area contributed by atoms with Crippen LogP contribution < -0.4 is 0 Å². The fraction of sp³-hybridized carbons (Fsp3) is 0.667. The molecule has 0 N–H and O–H groups in total. The summed E-state index contributed by atoms with van der Waals surface area (Å²) in [6.07, 6.45) is 4.42. The highest BCUT2D eigenvalue weighted by molar-refractivity contribution is 5.73. The second-order valence-electron chi connectivity index (χ2n) is 6.42. The molecular formula is C15H20O3. The first-order valence-corrected chi connectivity index (χ1v) is 6.65. The van der Waals surface area contributed by atoms with Gasteiger partial charge in [0.2, 0.25) is 6.29 Å². The average Bonchev–Trinajstić information content (AvgIpc) is 2.89. The van der Waals surface area contributed by atoms with Gasteiger partial charge in [-0.1, -0.05) is 25.5 Å². The van der Waals surface area contributed by atoms with E-state index in [1.165, 1.54) is 11.1 Å². The molecule has 0 aromatic rings. The smallest absolute Gasteiger partial charge is 0.308 e. The van der Waals surface area contributed by atoms with Crippen molar-refractivity contribution in [3.05, 3.63) is 23.8 Å². The molecule has 3 fully saturated rings. The van der Waals surface area contributed by atoms with E-state index in [2.05, 4.69) is 20.4 Å². The largest absolute Gasteiger partial charge is 0.435 e. The zero-order valence-corrected chi connectivity index (χ0v) is 11.1. The summed E-state index contributed by atoms with van der Waals surface area (Å²) in [5.74, 6) is 0.465. The summed E-state index contributed by atoms with van der Waals surface area (Å²) < 4.78 is 10.8. The maximum Gasteiger partial charge on any atom is 0.308 e. The number of fused-ring (bicyclic) bond motifs is 1. The Morgan fingerprint density at radius 2 is 2.17 bits per heavy atom. The van der Waals surface area contributed by atoms with E-state index in [1.54, 1.807) is 0 Å². The summed E-state index contributed by atoms with van der Waals surface area (Å²) in [4.78, 5) is 11.4. The van der Waals surface area contributed by atoms with Crippen LogP contribution in [0.4, 0.5) is 0 Å². The predicted octanol–water partition coefficient (Wildman–Crippen LogP) is 2.82. The van der Waals surface area contributed by atoms with E-state index in [9.17, 15) is 4.79 Å². The van der Waals surface area contributed by atoms with E-state index < -0.39 is 0 Å². The van der Waals surface area contributed by atoms with Gasteiger partial charge in [-0.3, -0.25) is 4.79 Å². The van der Waals surface area contributed by atoms with Crippen LogP contribution in [0.15, 0.2) is 23.8 Å². The Morgan fingerprint density at radius 3 is 2.89 bits per heavy atom. The van der Waals surface area contributed by atoms with Gasteiger partial charge in [0, 0.05) is 0 Å². The lowest BCUT2D eigenvalue weighted by atomic mass is 9.88. The van der Waals surface area contributed by atoms with E-state index in [-0.39, 0.29) is 18.2 Å². The Hall–Kier alpha value is -1.09. The molecule has 98 valence electrons. The van der Waals surface area contributed by atoms with Crippen LogP contribution in [0.25, 0.3) is 0 Å². The molecule has 3 heteroatoms. The molecule has 3 rings (SSSR count). The van der Waals surface area contributed by atoms with Crippen LogP contribution in [0.1, 0.15) is 33.1 Å². The molecule has 0 radical (unpaired) electrons. The summed E-state index contributed by atoms with van der Waals surface area (Å²) in [6.45, 7) is 9.17. The van der Waals surface area contributed by atoms with Crippen LogP contribution in [0, 0.1) is 17.3 Å². The van der Waals surface area contributed by atoms with Crippen molar-refractivity contribution in [3.8, 4) is 0 Å². The highest BCUT2D eigenvalue weighted by Crippen LogP contribution is 2.50. The molecule has 0 aromatic heterocycles. The Kier molecular flexibility index (Phi) is 2.63. The summed E-state index contributed by atoms with van der Waals surface area (Å²) in [7, 11) is 0. The summed E-state index contributed by atoms with van der Waals surface area (Å²) >= 11 is 0. The van der Waals surface area contributed by atoms with Gasteiger partial charge in [-0.05, 0) is 29.7 Å². The monoisotopic (exact) mass is 248 g/mol. The second kappa shape index (κ2) is 3.95. The number of esters is 1. The van der Waals surface area contributed by atoms with Gasteiger partial charge in [0.1, 0.15) is 0 Å². The van der Waals surface area contributed by atoms with Gasteiger partial charge < -0.3 is 9.47 Å². The molecule has 0 bridgehead atoms. The van der Waals surface area contributed by atoms with Gasteiger partial charge in [-0.25, -0.2) is 0 Å². The van der Waals surface area contributed by atoms with E-state index in [0.717, 1.165) is 12.8 Å². The minimum Gasteiger partial charge on any atom is -0.435 e. The van der Waals surface area contributed by atoms with Crippen molar-refractivity contribution in [2.45, 2.75) is 39.4 Å². The molecule has 2 aliphatic heterocycles. The zero-order chi connectivity index (χ0) is 12.9. The highest BCUT2D eigenvalue weighted by Gasteiger charge is 2.46. The van der Waals surface area contributed by atoms with Crippen molar-refractivity contribution < 1.29 is 14.3 Å². The zero-order valence-electron chi connectivity index (χ0n) is 11.1. The summed E-state index contributed by atoms with van der Waals surface area (Å²) in [6, 6.07) is 0. The maximum atomic E-state index is 11.4. The number of hydrogen-bond acceptors (Lipinski definition) is 3. The SMILES string of the molecule is C=C[C@@H]1CC(C)(C)C/C1=C1\CO[C@H]2OC(=O)C[C@@H]12. The summed E-state index contributed by atoms with van der Waals surface area (Å²) in [5, 5.41) is 0. The first-order chi connectivity index (χ1) is 8.50. The first-order valence-electron chi connectivity index (χ1n) is 6.65. The van der Waals surface area contributed by atoms with Gasteiger partial charge in [-0.15, -0.1) is 6.58 Å². The fourth-order valence-corrected chi connectivity index (χ4v) is 3.60. The van der Waals surface area contributed by atoms with E-state index in [1.807, 2.05) is 6.08 Å². The molecule has 2 saturated heterocycles. The topological polar surface area (TPSA) is 35.5 Å². The Labute approximate surface area is 108 Å². The van der Waals surface area contributed by atoms with Gasteiger partial charge >= 0.3 is 5.97 Å². The van der Waals surface area contributed by atoms with E-state index in [0.29, 0.717) is 24.4 Å². The van der Waals surface area contributed by atoms with Crippen LogP contribution in [0.2, 0.25) is 0 Å². The van der Waals surface area contributed by atoms with Crippen molar-refractivity contribution in [3.63, 3.8) is 0 Å². The van der Waals surface area contributed by atoms with Crippen LogP contribution >= 0.6 is 0 Å². The Morgan fingerprint density at radius 1 is 1.39 bits per heavy atom. The number of rotatable bonds is 1. The van der Waals surface area contributed by atoms with Crippen molar-refractivity contribution in [1.82, 2.24) is 0 Å². The fourth-order valence-electron chi connectivity index (χ4n) is 3.60. The molecular weight excluding hydrogens is 228 g/mol. The third kappa shape index (κ3) is 1.81. The van der Waals surface area contributed by atoms with Crippen LogP contribution in [-0.4, -0.2) is 18.9 Å². The molecule has 0 spiro atoms. The molecule has 3 nitrogen and oxygen atoms in total. The molecule has 3 atom stereocenters. The van der Waals surface area contributed by atoms with Gasteiger partial charge in [-0.2, -0.15) is 0 Å². The lowest BCUT2D eigenvalue weighted by molar-refractivity contribution is -0.158. The third-order valence-corrected chi connectivity index (χ3v) is 4.40. The molecule has 0 aromatic carbocycles. The molecule has 0 unspecified atom stereocenters.